The summed E-state index contributed by atoms with van der Waals surface area (Å²) in [7, 11) is 0. The number of urea groups is 1. The third-order valence-corrected chi connectivity index (χ3v) is 4.65. The third kappa shape index (κ3) is 3.31. The summed E-state index contributed by atoms with van der Waals surface area (Å²) in [6.45, 7) is 3.49. The van der Waals surface area contributed by atoms with E-state index < -0.39 is 0 Å². The quantitative estimate of drug-likeness (QED) is 0.928. The minimum atomic E-state index is -0.122. The molecule has 0 radical (unpaired) electrons. The van der Waals surface area contributed by atoms with Crippen LogP contribution in [0, 0.1) is 5.92 Å². The van der Waals surface area contributed by atoms with Gasteiger partial charge in [0, 0.05) is 23.9 Å². The number of amides is 2. The highest BCUT2D eigenvalue weighted by molar-refractivity contribution is 7.09. The standard InChI is InChI=1S/C14H20N2O3S/c17-14(15-9-12-4-2-8-20-12)16-5-1-3-11(10-16)13-18-6-7-19-13/h2,4,8,11,13H,1,3,5-7,9-10H2,(H,15,17). The second-order valence-electron chi connectivity index (χ2n) is 5.20. The fourth-order valence-electron chi connectivity index (χ4n) is 2.75. The number of likely N-dealkylation sites (tertiary alicyclic amines) is 1. The number of ether oxygens (including phenoxy) is 2. The topological polar surface area (TPSA) is 50.8 Å². The van der Waals surface area contributed by atoms with E-state index in [0.29, 0.717) is 25.7 Å². The second kappa shape index (κ2) is 6.56. The first-order valence-electron chi connectivity index (χ1n) is 7.11. The minimum absolute atomic E-state index is 0.0149. The number of nitrogens with one attached hydrogen (secondary N) is 1. The molecule has 5 nitrogen and oxygen atoms in total. The highest BCUT2D eigenvalue weighted by Gasteiger charge is 2.32. The lowest BCUT2D eigenvalue weighted by Gasteiger charge is -2.34. The molecule has 6 heteroatoms. The van der Waals surface area contributed by atoms with Crippen LogP contribution < -0.4 is 5.32 Å². The summed E-state index contributed by atoms with van der Waals surface area (Å²) >= 11 is 1.66. The molecule has 0 spiro atoms. The van der Waals surface area contributed by atoms with Crippen LogP contribution in [0.1, 0.15) is 17.7 Å². The number of piperidine rings is 1. The summed E-state index contributed by atoms with van der Waals surface area (Å²) < 4.78 is 11.1. The molecular formula is C14H20N2O3S. The Kier molecular flexibility index (Phi) is 4.54. The van der Waals surface area contributed by atoms with Crippen LogP contribution in [-0.4, -0.2) is 43.5 Å². The zero-order valence-corrected chi connectivity index (χ0v) is 12.2. The van der Waals surface area contributed by atoms with E-state index in [1.165, 1.54) is 4.88 Å². The number of rotatable bonds is 3. The largest absolute Gasteiger partial charge is 0.350 e. The Morgan fingerprint density at radius 2 is 2.30 bits per heavy atom. The van der Waals surface area contributed by atoms with E-state index in [9.17, 15) is 4.79 Å². The Bertz CT molecular complexity index is 432. The molecule has 1 aromatic rings. The first kappa shape index (κ1) is 13.9. The van der Waals surface area contributed by atoms with Gasteiger partial charge < -0.3 is 19.7 Å². The SMILES string of the molecule is O=C(NCc1cccs1)N1CCCC(C2OCCO2)C1. The van der Waals surface area contributed by atoms with E-state index in [0.717, 1.165) is 25.9 Å². The van der Waals surface area contributed by atoms with E-state index in [4.69, 9.17) is 9.47 Å². The lowest BCUT2D eigenvalue weighted by molar-refractivity contribution is -0.0963. The molecule has 20 heavy (non-hydrogen) atoms. The van der Waals surface area contributed by atoms with Crippen molar-refractivity contribution in [1.82, 2.24) is 10.2 Å². The zero-order chi connectivity index (χ0) is 13.8. The molecule has 110 valence electrons. The van der Waals surface area contributed by atoms with E-state index in [2.05, 4.69) is 5.32 Å². The van der Waals surface area contributed by atoms with E-state index in [-0.39, 0.29) is 12.3 Å². The Balaban J connectivity index is 1.49. The first-order valence-corrected chi connectivity index (χ1v) is 7.99. The van der Waals surface area contributed by atoms with Crippen LogP contribution in [0.15, 0.2) is 17.5 Å². The van der Waals surface area contributed by atoms with Crippen LogP contribution in [0.4, 0.5) is 4.79 Å². The number of hydrogen-bond donors (Lipinski definition) is 1. The third-order valence-electron chi connectivity index (χ3n) is 3.77. The molecule has 3 rings (SSSR count). The molecule has 0 bridgehead atoms. The lowest BCUT2D eigenvalue weighted by atomic mass is 9.98. The molecule has 2 saturated heterocycles. The molecule has 0 aliphatic carbocycles. The predicted octanol–water partition coefficient (Wildman–Crippen LogP) is 2.04. The summed E-state index contributed by atoms with van der Waals surface area (Å²) in [6.07, 6.45) is 1.96. The fraction of sp³-hybridized carbons (Fsp3) is 0.643. The van der Waals surface area contributed by atoms with E-state index in [1.54, 1.807) is 11.3 Å². The van der Waals surface area contributed by atoms with E-state index in [1.807, 2.05) is 22.4 Å². The van der Waals surface area contributed by atoms with Crippen molar-refractivity contribution in [3.63, 3.8) is 0 Å². The van der Waals surface area contributed by atoms with Gasteiger partial charge in [-0.1, -0.05) is 6.07 Å². The van der Waals surface area contributed by atoms with Crippen molar-refractivity contribution in [2.75, 3.05) is 26.3 Å². The molecule has 2 aliphatic heterocycles. The van der Waals surface area contributed by atoms with Crippen molar-refractivity contribution in [2.24, 2.45) is 5.92 Å². The highest BCUT2D eigenvalue weighted by atomic mass is 32.1. The summed E-state index contributed by atoms with van der Waals surface area (Å²) in [5.74, 6) is 0.304. The smallest absolute Gasteiger partial charge is 0.317 e. The zero-order valence-electron chi connectivity index (χ0n) is 11.4. The molecule has 1 atom stereocenters. The number of carbonyl (C=O) groups is 1. The van der Waals surface area contributed by atoms with Gasteiger partial charge in [-0.15, -0.1) is 11.3 Å². The maximum absolute atomic E-state index is 12.2. The maximum Gasteiger partial charge on any atom is 0.317 e. The maximum atomic E-state index is 12.2. The van der Waals surface area contributed by atoms with Crippen LogP contribution in [0.3, 0.4) is 0 Å². The molecule has 2 fully saturated rings. The molecule has 0 aromatic carbocycles. The minimum Gasteiger partial charge on any atom is -0.350 e. The Hall–Kier alpha value is -1.11. The Morgan fingerprint density at radius 1 is 1.45 bits per heavy atom. The van der Waals surface area contributed by atoms with Gasteiger partial charge in [0.2, 0.25) is 0 Å². The van der Waals surface area contributed by atoms with Crippen LogP contribution in [0.5, 0.6) is 0 Å². The second-order valence-corrected chi connectivity index (χ2v) is 6.23. The molecular weight excluding hydrogens is 276 g/mol. The number of thiophene rings is 1. The first-order chi connectivity index (χ1) is 9.83. The van der Waals surface area contributed by atoms with Gasteiger partial charge in [-0.3, -0.25) is 0 Å². The average Bonchev–Trinajstić information content (AvgIpc) is 3.18. The number of carbonyl (C=O) groups excluding carboxylic acids is 1. The van der Waals surface area contributed by atoms with Gasteiger partial charge in [-0.25, -0.2) is 4.79 Å². The monoisotopic (exact) mass is 296 g/mol. The molecule has 1 unspecified atom stereocenters. The summed E-state index contributed by atoms with van der Waals surface area (Å²) in [6, 6.07) is 4.04. The van der Waals surface area contributed by atoms with Crippen molar-refractivity contribution in [3.05, 3.63) is 22.4 Å². The summed E-state index contributed by atoms with van der Waals surface area (Å²) in [5, 5.41) is 5.00. The molecule has 3 heterocycles. The van der Waals surface area contributed by atoms with Gasteiger partial charge in [-0.2, -0.15) is 0 Å². The van der Waals surface area contributed by atoms with Crippen molar-refractivity contribution in [1.29, 1.82) is 0 Å². The van der Waals surface area contributed by atoms with Crippen molar-refractivity contribution < 1.29 is 14.3 Å². The van der Waals surface area contributed by atoms with Crippen LogP contribution in [0.2, 0.25) is 0 Å². The van der Waals surface area contributed by atoms with Gasteiger partial charge >= 0.3 is 6.03 Å². The predicted molar refractivity (Wildman–Crippen MR) is 76.5 cm³/mol. The highest BCUT2D eigenvalue weighted by Crippen LogP contribution is 2.24. The molecule has 0 saturated carbocycles. The van der Waals surface area contributed by atoms with Gasteiger partial charge in [0.15, 0.2) is 6.29 Å². The normalized spacial score (nSPS) is 24.0. The van der Waals surface area contributed by atoms with Crippen LogP contribution >= 0.6 is 11.3 Å². The molecule has 2 aliphatic rings. The lowest BCUT2D eigenvalue weighted by Crippen LogP contribution is -2.47. The Labute approximate surface area is 122 Å². The number of hydrogen-bond acceptors (Lipinski definition) is 4. The number of nitrogens with zero attached hydrogens (tertiary/aromatic N) is 1. The van der Waals surface area contributed by atoms with Gasteiger partial charge in [-0.05, 0) is 24.3 Å². The fourth-order valence-corrected chi connectivity index (χ4v) is 3.40. The van der Waals surface area contributed by atoms with Crippen LogP contribution in [-0.2, 0) is 16.0 Å². The van der Waals surface area contributed by atoms with Gasteiger partial charge in [0.05, 0.1) is 19.8 Å². The van der Waals surface area contributed by atoms with E-state index >= 15 is 0 Å². The molecule has 2 amide bonds. The summed E-state index contributed by atoms with van der Waals surface area (Å²) in [5.41, 5.74) is 0. The van der Waals surface area contributed by atoms with Crippen molar-refractivity contribution in [3.8, 4) is 0 Å². The van der Waals surface area contributed by atoms with Gasteiger partial charge in [0.1, 0.15) is 0 Å². The molecule has 1 N–H and O–H groups in total. The van der Waals surface area contributed by atoms with Gasteiger partial charge in [0.25, 0.3) is 0 Å². The summed E-state index contributed by atoms with van der Waals surface area (Å²) in [4.78, 5) is 15.2. The Morgan fingerprint density at radius 3 is 3.05 bits per heavy atom. The molecule has 1 aromatic heterocycles. The van der Waals surface area contributed by atoms with Crippen LogP contribution in [0.25, 0.3) is 0 Å². The average molecular weight is 296 g/mol. The van der Waals surface area contributed by atoms with Crippen molar-refractivity contribution >= 4 is 17.4 Å². The van der Waals surface area contributed by atoms with Crippen molar-refractivity contribution in [2.45, 2.75) is 25.7 Å².